The third-order valence-electron chi connectivity index (χ3n) is 4.27. The second-order valence-electron chi connectivity index (χ2n) is 6.07. The van der Waals surface area contributed by atoms with Gasteiger partial charge in [0.25, 0.3) is 0 Å². The van der Waals surface area contributed by atoms with Gasteiger partial charge in [0, 0.05) is 6.04 Å². The van der Waals surface area contributed by atoms with E-state index in [0.29, 0.717) is 6.04 Å². The summed E-state index contributed by atoms with van der Waals surface area (Å²) in [5.74, 6) is -0.151. The third-order valence-corrected chi connectivity index (χ3v) is 4.27. The van der Waals surface area contributed by atoms with Gasteiger partial charge in [-0.15, -0.1) is 0 Å². The molecule has 21 heavy (non-hydrogen) atoms. The second kappa shape index (κ2) is 8.99. The van der Waals surface area contributed by atoms with Crippen LogP contribution in [-0.2, 0) is 6.42 Å². The van der Waals surface area contributed by atoms with Gasteiger partial charge in [-0.2, -0.15) is 0 Å². The lowest BCUT2D eigenvalue weighted by molar-refractivity contribution is 0.522. The summed E-state index contributed by atoms with van der Waals surface area (Å²) in [4.78, 5) is 0. The lowest BCUT2D eigenvalue weighted by Gasteiger charge is -2.24. The van der Waals surface area contributed by atoms with Crippen molar-refractivity contribution >= 4 is 0 Å². The van der Waals surface area contributed by atoms with Crippen LogP contribution in [0.1, 0.15) is 57.4 Å². The van der Waals surface area contributed by atoms with Crippen LogP contribution in [0.25, 0.3) is 0 Å². The average Bonchev–Trinajstić information content (AvgIpc) is 2.46. The lowest BCUT2D eigenvalue weighted by atomic mass is 9.91. The minimum atomic E-state index is -0.151. The van der Waals surface area contributed by atoms with E-state index in [4.69, 9.17) is 0 Å². The number of hydrogen-bond donors (Lipinski definition) is 1. The molecular formula is C19H28FN. The predicted octanol–water partition coefficient (Wildman–Crippen LogP) is 5.02. The largest absolute Gasteiger partial charge is 0.310 e. The Morgan fingerprint density at radius 1 is 1.10 bits per heavy atom. The maximum absolute atomic E-state index is 13.1. The van der Waals surface area contributed by atoms with Crippen molar-refractivity contribution in [3.63, 3.8) is 0 Å². The van der Waals surface area contributed by atoms with Crippen molar-refractivity contribution in [1.82, 2.24) is 5.32 Å². The fourth-order valence-electron chi connectivity index (χ4n) is 3.04. The minimum Gasteiger partial charge on any atom is -0.310 e. The van der Waals surface area contributed by atoms with Crippen LogP contribution < -0.4 is 5.32 Å². The van der Waals surface area contributed by atoms with Gasteiger partial charge in [-0.25, -0.2) is 4.39 Å². The highest BCUT2D eigenvalue weighted by molar-refractivity contribution is 5.22. The SMILES string of the molecule is CCCNC(Cc1ccc(F)cc1)/C1=C/CCCCCC1. The molecule has 2 rings (SSSR count). The van der Waals surface area contributed by atoms with E-state index in [1.807, 2.05) is 12.1 Å². The van der Waals surface area contributed by atoms with Crippen molar-refractivity contribution in [2.24, 2.45) is 0 Å². The van der Waals surface area contributed by atoms with Gasteiger partial charge >= 0.3 is 0 Å². The zero-order valence-electron chi connectivity index (χ0n) is 13.2. The Hall–Kier alpha value is -1.15. The maximum atomic E-state index is 13.1. The summed E-state index contributed by atoms with van der Waals surface area (Å²) < 4.78 is 13.1. The van der Waals surface area contributed by atoms with E-state index < -0.39 is 0 Å². The second-order valence-corrected chi connectivity index (χ2v) is 6.07. The molecule has 2 heteroatoms. The topological polar surface area (TPSA) is 12.0 Å². The average molecular weight is 289 g/mol. The van der Waals surface area contributed by atoms with E-state index in [1.165, 1.54) is 44.1 Å². The Balaban J connectivity index is 2.06. The van der Waals surface area contributed by atoms with E-state index in [1.54, 1.807) is 17.7 Å². The first-order valence-electron chi connectivity index (χ1n) is 8.46. The summed E-state index contributed by atoms with van der Waals surface area (Å²) >= 11 is 0. The molecule has 1 aliphatic rings. The molecule has 0 aromatic heterocycles. The minimum absolute atomic E-state index is 0.151. The van der Waals surface area contributed by atoms with Crippen LogP contribution in [-0.4, -0.2) is 12.6 Å². The summed E-state index contributed by atoms with van der Waals surface area (Å²) in [6.45, 7) is 3.25. The predicted molar refractivity (Wildman–Crippen MR) is 88.0 cm³/mol. The van der Waals surface area contributed by atoms with Crippen LogP contribution in [0.15, 0.2) is 35.9 Å². The molecule has 0 bridgehead atoms. The van der Waals surface area contributed by atoms with Gasteiger partial charge in [-0.05, 0) is 62.8 Å². The summed E-state index contributed by atoms with van der Waals surface area (Å²) in [7, 11) is 0. The van der Waals surface area contributed by atoms with Crippen LogP contribution in [0.2, 0.25) is 0 Å². The van der Waals surface area contributed by atoms with Gasteiger partial charge in [0.05, 0.1) is 0 Å². The quantitative estimate of drug-likeness (QED) is 0.725. The van der Waals surface area contributed by atoms with Gasteiger partial charge in [0.15, 0.2) is 0 Å². The first-order valence-corrected chi connectivity index (χ1v) is 8.46. The van der Waals surface area contributed by atoms with Crippen molar-refractivity contribution in [3.05, 3.63) is 47.3 Å². The maximum Gasteiger partial charge on any atom is 0.123 e. The highest BCUT2D eigenvalue weighted by Crippen LogP contribution is 2.22. The van der Waals surface area contributed by atoms with Crippen LogP contribution in [0.3, 0.4) is 0 Å². The normalized spacial score (nSPS) is 20.2. The number of nitrogens with one attached hydrogen (secondary N) is 1. The molecule has 1 aliphatic carbocycles. The molecular weight excluding hydrogens is 261 g/mol. The molecule has 116 valence electrons. The number of rotatable bonds is 6. The molecule has 0 heterocycles. The summed E-state index contributed by atoms with van der Waals surface area (Å²) in [6, 6.07) is 7.38. The molecule has 1 N–H and O–H groups in total. The van der Waals surface area contributed by atoms with Crippen LogP contribution in [0, 0.1) is 5.82 Å². The summed E-state index contributed by atoms with van der Waals surface area (Å²) in [5, 5.41) is 3.69. The Morgan fingerprint density at radius 3 is 2.62 bits per heavy atom. The molecule has 1 unspecified atom stereocenters. The van der Waals surface area contributed by atoms with Crippen LogP contribution in [0.4, 0.5) is 4.39 Å². The first-order chi connectivity index (χ1) is 10.3. The monoisotopic (exact) mass is 289 g/mol. The highest BCUT2D eigenvalue weighted by atomic mass is 19.1. The Morgan fingerprint density at radius 2 is 1.86 bits per heavy atom. The van der Waals surface area contributed by atoms with Gasteiger partial charge in [-0.1, -0.05) is 43.5 Å². The van der Waals surface area contributed by atoms with Gasteiger partial charge < -0.3 is 5.32 Å². The molecule has 0 aliphatic heterocycles. The third kappa shape index (κ3) is 5.62. The van der Waals surface area contributed by atoms with Crippen molar-refractivity contribution in [2.75, 3.05) is 6.54 Å². The number of halogens is 1. The van der Waals surface area contributed by atoms with Crippen LogP contribution in [0.5, 0.6) is 0 Å². The van der Waals surface area contributed by atoms with Crippen molar-refractivity contribution in [2.45, 2.75) is 64.3 Å². The molecule has 0 amide bonds. The number of allylic oxidation sites excluding steroid dienone is 1. The Bertz CT molecular complexity index is 435. The number of benzene rings is 1. The van der Waals surface area contributed by atoms with Crippen molar-refractivity contribution in [3.8, 4) is 0 Å². The standard InChI is InChI=1S/C19H28FN/c1-2-14-21-19(15-16-10-12-18(20)13-11-16)17-8-6-4-3-5-7-9-17/h8,10-13,19,21H,2-7,9,14-15H2,1H3/b17-8+. The molecule has 1 atom stereocenters. The molecule has 0 saturated heterocycles. The van der Waals surface area contributed by atoms with Crippen LogP contribution >= 0.6 is 0 Å². The zero-order chi connectivity index (χ0) is 14.9. The zero-order valence-corrected chi connectivity index (χ0v) is 13.2. The van der Waals surface area contributed by atoms with E-state index in [-0.39, 0.29) is 5.82 Å². The van der Waals surface area contributed by atoms with Gasteiger partial charge in [-0.3, -0.25) is 0 Å². The molecule has 0 radical (unpaired) electrons. The highest BCUT2D eigenvalue weighted by Gasteiger charge is 2.15. The first kappa shape index (κ1) is 16.2. The van der Waals surface area contributed by atoms with E-state index in [0.717, 1.165) is 19.4 Å². The number of hydrogen-bond acceptors (Lipinski definition) is 1. The summed E-state index contributed by atoms with van der Waals surface area (Å²) in [6.07, 6.45) is 12.3. The van der Waals surface area contributed by atoms with E-state index in [9.17, 15) is 4.39 Å². The Kier molecular flexibility index (Phi) is 6.94. The molecule has 0 fully saturated rings. The smallest absolute Gasteiger partial charge is 0.123 e. The molecule has 0 saturated carbocycles. The molecule has 0 spiro atoms. The van der Waals surface area contributed by atoms with Gasteiger partial charge in [0.2, 0.25) is 0 Å². The Labute approximate surface area is 128 Å². The lowest BCUT2D eigenvalue weighted by Crippen LogP contribution is -2.34. The van der Waals surface area contributed by atoms with E-state index >= 15 is 0 Å². The molecule has 1 nitrogen and oxygen atoms in total. The van der Waals surface area contributed by atoms with Gasteiger partial charge in [0.1, 0.15) is 5.82 Å². The van der Waals surface area contributed by atoms with Crippen molar-refractivity contribution < 1.29 is 4.39 Å². The van der Waals surface area contributed by atoms with Crippen molar-refractivity contribution in [1.29, 1.82) is 0 Å². The fraction of sp³-hybridized carbons (Fsp3) is 0.579. The summed E-state index contributed by atoms with van der Waals surface area (Å²) in [5.41, 5.74) is 2.78. The fourth-order valence-corrected chi connectivity index (χ4v) is 3.04. The molecule has 1 aromatic rings. The van der Waals surface area contributed by atoms with E-state index in [2.05, 4.69) is 18.3 Å². The molecule has 1 aromatic carbocycles.